The molecule has 1 unspecified atom stereocenters. The molecule has 1 saturated heterocycles. The summed E-state index contributed by atoms with van der Waals surface area (Å²) in [5.41, 5.74) is 4.38. The first-order valence-electron chi connectivity index (χ1n) is 9.14. The van der Waals surface area contributed by atoms with Crippen LogP contribution in [0, 0.1) is 12.8 Å². The van der Waals surface area contributed by atoms with Gasteiger partial charge in [0, 0.05) is 18.8 Å². The van der Waals surface area contributed by atoms with Gasteiger partial charge >= 0.3 is 0 Å². The monoisotopic (exact) mass is 415 g/mol. The number of aryl methyl sites for hydroxylation is 1. The Morgan fingerprint density at radius 3 is 2.79 bits per heavy atom. The molecule has 0 bridgehead atoms. The molecule has 1 aliphatic rings. The third-order valence-electron chi connectivity index (χ3n) is 5.01. The van der Waals surface area contributed by atoms with Crippen LogP contribution in [0.25, 0.3) is 10.2 Å². The predicted molar refractivity (Wildman–Crippen MR) is 111 cm³/mol. The van der Waals surface area contributed by atoms with Crippen LogP contribution in [0.2, 0.25) is 0 Å². The minimum Gasteiger partial charge on any atom is -0.326 e. The number of aromatic nitrogens is 1. The van der Waals surface area contributed by atoms with E-state index in [0.29, 0.717) is 25.1 Å². The third kappa shape index (κ3) is 3.80. The van der Waals surface area contributed by atoms with Crippen LogP contribution in [0.4, 0.5) is 5.69 Å². The van der Waals surface area contributed by atoms with Crippen LogP contribution in [0.3, 0.4) is 0 Å². The molecule has 146 valence electrons. The summed E-state index contributed by atoms with van der Waals surface area (Å²) < 4.78 is 28.3. The number of rotatable bonds is 4. The second kappa shape index (κ2) is 7.62. The Morgan fingerprint density at radius 2 is 2.00 bits per heavy atom. The van der Waals surface area contributed by atoms with Crippen LogP contribution in [0.15, 0.2) is 52.9 Å². The summed E-state index contributed by atoms with van der Waals surface area (Å²) in [7, 11) is -3.59. The van der Waals surface area contributed by atoms with Gasteiger partial charge in [-0.1, -0.05) is 17.7 Å². The number of thiazole rings is 1. The van der Waals surface area contributed by atoms with E-state index in [0.717, 1.165) is 15.8 Å². The maximum absolute atomic E-state index is 12.9. The van der Waals surface area contributed by atoms with Gasteiger partial charge in [-0.25, -0.2) is 13.4 Å². The quantitative estimate of drug-likeness (QED) is 0.705. The number of nitrogens with one attached hydrogen (secondary N) is 1. The second-order valence-electron chi connectivity index (χ2n) is 7.04. The SMILES string of the molecule is Cc1ccc(S(=O)(=O)N2CCCC(C(=O)Nc3ccc4ncsc4c3)C2)cc1. The van der Waals surface area contributed by atoms with E-state index in [1.165, 1.54) is 15.6 Å². The number of carbonyl (C=O) groups is 1. The van der Waals surface area contributed by atoms with E-state index in [1.54, 1.807) is 29.8 Å². The lowest BCUT2D eigenvalue weighted by Gasteiger charge is -2.31. The molecule has 0 radical (unpaired) electrons. The van der Waals surface area contributed by atoms with Gasteiger partial charge in [0.05, 0.1) is 26.5 Å². The normalized spacial score (nSPS) is 18.2. The lowest BCUT2D eigenvalue weighted by atomic mass is 9.98. The summed E-state index contributed by atoms with van der Waals surface area (Å²) >= 11 is 1.52. The van der Waals surface area contributed by atoms with E-state index < -0.39 is 10.0 Å². The van der Waals surface area contributed by atoms with Crippen molar-refractivity contribution in [1.29, 1.82) is 0 Å². The molecular weight excluding hydrogens is 394 g/mol. The summed E-state index contributed by atoms with van der Waals surface area (Å²) in [5.74, 6) is -0.515. The lowest BCUT2D eigenvalue weighted by Crippen LogP contribution is -2.43. The smallest absolute Gasteiger partial charge is 0.243 e. The number of amides is 1. The number of hydrogen-bond donors (Lipinski definition) is 1. The molecule has 1 aliphatic heterocycles. The van der Waals surface area contributed by atoms with Crippen LogP contribution in [0.1, 0.15) is 18.4 Å². The number of nitrogens with zero attached hydrogens (tertiary/aromatic N) is 2. The minimum atomic E-state index is -3.59. The van der Waals surface area contributed by atoms with Gasteiger partial charge in [-0.05, 0) is 50.1 Å². The highest BCUT2D eigenvalue weighted by Crippen LogP contribution is 2.26. The van der Waals surface area contributed by atoms with E-state index >= 15 is 0 Å². The molecular formula is C20H21N3O3S2. The number of hydrogen-bond acceptors (Lipinski definition) is 5. The molecule has 0 saturated carbocycles. The Labute approximate surface area is 168 Å². The summed E-state index contributed by atoms with van der Waals surface area (Å²) in [5, 5.41) is 2.93. The summed E-state index contributed by atoms with van der Waals surface area (Å²) in [6.45, 7) is 2.55. The topological polar surface area (TPSA) is 79.4 Å². The molecule has 1 aromatic heterocycles. The van der Waals surface area contributed by atoms with Crippen molar-refractivity contribution in [2.75, 3.05) is 18.4 Å². The fourth-order valence-corrected chi connectivity index (χ4v) is 5.65. The maximum Gasteiger partial charge on any atom is 0.243 e. The number of anilines is 1. The molecule has 28 heavy (non-hydrogen) atoms. The van der Waals surface area contributed by atoms with Crippen molar-refractivity contribution in [1.82, 2.24) is 9.29 Å². The highest BCUT2D eigenvalue weighted by molar-refractivity contribution is 7.89. The zero-order valence-electron chi connectivity index (χ0n) is 15.5. The van der Waals surface area contributed by atoms with E-state index in [2.05, 4.69) is 10.3 Å². The van der Waals surface area contributed by atoms with Crippen LogP contribution < -0.4 is 5.32 Å². The zero-order valence-corrected chi connectivity index (χ0v) is 17.1. The molecule has 2 aromatic carbocycles. The maximum atomic E-state index is 12.9. The van der Waals surface area contributed by atoms with E-state index in [1.807, 2.05) is 25.1 Å². The highest BCUT2D eigenvalue weighted by Gasteiger charge is 2.33. The number of fused-ring (bicyclic) bond motifs is 1. The molecule has 1 atom stereocenters. The number of piperidine rings is 1. The molecule has 8 heteroatoms. The predicted octanol–water partition coefficient (Wildman–Crippen LogP) is 3.64. The van der Waals surface area contributed by atoms with Crippen LogP contribution >= 0.6 is 11.3 Å². The Bertz CT molecular complexity index is 1110. The molecule has 1 fully saturated rings. The van der Waals surface area contributed by atoms with Crippen LogP contribution in [-0.4, -0.2) is 36.7 Å². The molecule has 2 heterocycles. The Kier molecular flexibility index (Phi) is 5.18. The summed E-state index contributed by atoms with van der Waals surface area (Å²) in [4.78, 5) is 17.3. The average molecular weight is 416 g/mol. The first-order chi connectivity index (χ1) is 13.4. The highest BCUT2D eigenvalue weighted by atomic mass is 32.2. The van der Waals surface area contributed by atoms with Gasteiger partial charge in [-0.2, -0.15) is 4.31 Å². The largest absolute Gasteiger partial charge is 0.326 e. The lowest BCUT2D eigenvalue weighted by molar-refractivity contribution is -0.120. The van der Waals surface area contributed by atoms with Gasteiger partial charge < -0.3 is 5.32 Å². The van der Waals surface area contributed by atoms with Crippen molar-refractivity contribution in [3.8, 4) is 0 Å². The Balaban J connectivity index is 1.48. The summed E-state index contributed by atoms with van der Waals surface area (Å²) in [6, 6.07) is 12.4. The van der Waals surface area contributed by atoms with Crippen molar-refractivity contribution in [2.45, 2.75) is 24.7 Å². The van der Waals surface area contributed by atoms with E-state index in [9.17, 15) is 13.2 Å². The Hall–Kier alpha value is -2.29. The third-order valence-corrected chi connectivity index (χ3v) is 7.68. The number of benzene rings is 2. The van der Waals surface area contributed by atoms with Crippen molar-refractivity contribution < 1.29 is 13.2 Å². The average Bonchev–Trinajstić information content (AvgIpc) is 3.16. The van der Waals surface area contributed by atoms with Crippen LogP contribution in [-0.2, 0) is 14.8 Å². The fraction of sp³-hybridized carbons (Fsp3) is 0.300. The van der Waals surface area contributed by atoms with Crippen molar-refractivity contribution >= 4 is 43.2 Å². The minimum absolute atomic E-state index is 0.146. The molecule has 0 spiro atoms. The first kappa shape index (κ1) is 19.0. The number of sulfonamides is 1. The summed E-state index contributed by atoms with van der Waals surface area (Å²) in [6.07, 6.45) is 1.34. The molecule has 1 amide bonds. The Morgan fingerprint density at radius 1 is 1.21 bits per heavy atom. The van der Waals surface area contributed by atoms with Gasteiger partial charge in [0.2, 0.25) is 15.9 Å². The van der Waals surface area contributed by atoms with Crippen molar-refractivity contribution in [2.24, 2.45) is 5.92 Å². The fourth-order valence-electron chi connectivity index (χ4n) is 3.41. The zero-order chi connectivity index (χ0) is 19.7. The van der Waals surface area contributed by atoms with E-state index in [4.69, 9.17) is 0 Å². The van der Waals surface area contributed by atoms with Gasteiger partial charge in [-0.3, -0.25) is 4.79 Å². The molecule has 3 aromatic rings. The van der Waals surface area contributed by atoms with Crippen molar-refractivity contribution in [3.05, 3.63) is 53.5 Å². The number of carbonyl (C=O) groups excluding carboxylic acids is 1. The first-order valence-corrected chi connectivity index (χ1v) is 11.5. The van der Waals surface area contributed by atoms with Crippen molar-refractivity contribution in [3.63, 3.8) is 0 Å². The molecule has 1 N–H and O–H groups in total. The van der Waals surface area contributed by atoms with Gasteiger partial charge in [0.25, 0.3) is 0 Å². The standard InChI is InChI=1S/C20H21N3O3S2/c1-14-4-7-17(8-5-14)28(25,26)23-10-2-3-15(12-23)20(24)22-16-6-9-18-19(11-16)27-13-21-18/h4-9,11,13,15H,2-3,10,12H2,1H3,(H,22,24). The van der Waals surface area contributed by atoms with Gasteiger partial charge in [0.1, 0.15) is 0 Å². The van der Waals surface area contributed by atoms with Gasteiger partial charge in [0.15, 0.2) is 0 Å². The van der Waals surface area contributed by atoms with Crippen LogP contribution in [0.5, 0.6) is 0 Å². The molecule has 0 aliphatic carbocycles. The second-order valence-corrected chi connectivity index (χ2v) is 9.86. The molecule has 4 rings (SSSR count). The van der Waals surface area contributed by atoms with E-state index in [-0.39, 0.29) is 23.3 Å². The molecule has 6 nitrogen and oxygen atoms in total. The van der Waals surface area contributed by atoms with Gasteiger partial charge in [-0.15, -0.1) is 11.3 Å².